The molecule has 2 heterocycles. The van der Waals surface area contributed by atoms with Crippen LogP contribution in [0.15, 0.2) is 53.8 Å². The summed E-state index contributed by atoms with van der Waals surface area (Å²) < 4.78 is 25.2. The van der Waals surface area contributed by atoms with Crippen molar-refractivity contribution in [1.82, 2.24) is 15.2 Å². The number of nitrogen functional groups attached to an aromatic ring is 1. The van der Waals surface area contributed by atoms with Gasteiger partial charge in [-0.05, 0) is 49.4 Å². The molecule has 0 aliphatic rings. The summed E-state index contributed by atoms with van der Waals surface area (Å²) in [5.74, 6) is 0.487. The third kappa shape index (κ3) is 5.61. The van der Waals surface area contributed by atoms with Crippen LogP contribution in [0.4, 0.5) is 5.69 Å². The molecule has 2 aromatic heterocycles. The van der Waals surface area contributed by atoms with Crippen molar-refractivity contribution in [1.29, 1.82) is 10.2 Å². The molecule has 3 aromatic rings. The first-order valence-electron chi connectivity index (χ1n) is 9.26. The lowest BCUT2D eigenvalue weighted by molar-refractivity contribution is 0.227. The summed E-state index contributed by atoms with van der Waals surface area (Å²) in [6, 6.07) is 8.06. The Morgan fingerprint density at radius 1 is 1.19 bits per heavy atom. The lowest BCUT2D eigenvalue weighted by atomic mass is 10.1. The van der Waals surface area contributed by atoms with E-state index in [9.17, 15) is 4.21 Å². The summed E-state index contributed by atoms with van der Waals surface area (Å²) in [5.41, 5.74) is 8.11. The zero-order valence-electron chi connectivity index (χ0n) is 17.2. The van der Waals surface area contributed by atoms with E-state index in [4.69, 9.17) is 43.9 Å². The molecule has 0 amide bonds. The van der Waals surface area contributed by atoms with Gasteiger partial charge in [-0.2, -0.15) is 0 Å². The SMILES string of the molecule is CC(Oc1ccc(N)c(C(=N)/C=C/c2ccc(S(C)(=N)=O)nn2)c1)c1c(Cl)cncc1Cl. The van der Waals surface area contributed by atoms with E-state index >= 15 is 0 Å². The Morgan fingerprint density at radius 3 is 2.47 bits per heavy atom. The number of allylic oxidation sites excluding steroid dienone is 1. The van der Waals surface area contributed by atoms with Gasteiger partial charge in [0, 0.05) is 35.5 Å². The number of aromatic nitrogens is 3. The van der Waals surface area contributed by atoms with Crippen LogP contribution in [0.1, 0.15) is 29.8 Å². The Kier molecular flexibility index (Phi) is 7.12. The van der Waals surface area contributed by atoms with Crippen LogP contribution in [0, 0.1) is 10.2 Å². The molecule has 32 heavy (non-hydrogen) atoms. The summed E-state index contributed by atoms with van der Waals surface area (Å²) in [4.78, 5) is 3.94. The summed E-state index contributed by atoms with van der Waals surface area (Å²) in [6.07, 6.45) is 6.90. The number of nitrogens with two attached hydrogens (primary N) is 1. The third-order valence-corrected chi connectivity index (χ3v) is 6.02. The van der Waals surface area contributed by atoms with E-state index in [0.29, 0.717) is 38.3 Å². The Labute approximate surface area is 195 Å². The zero-order valence-corrected chi connectivity index (χ0v) is 19.5. The highest BCUT2D eigenvalue weighted by Gasteiger charge is 2.17. The van der Waals surface area contributed by atoms with E-state index in [1.54, 1.807) is 30.3 Å². The first-order valence-corrected chi connectivity index (χ1v) is 12.0. The maximum Gasteiger partial charge on any atom is 0.157 e. The highest BCUT2D eigenvalue weighted by atomic mass is 35.5. The third-order valence-electron chi connectivity index (χ3n) is 4.41. The predicted molar refractivity (Wildman–Crippen MR) is 127 cm³/mol. The van der Waals surface area contributed by atoms with Crippen molar-refractivity contribution in [2.75, 3.05) is 12.0 Å². The molecule has 0 aliphatic heterocycles. The fourth-order valence-electron chi connectivity index (χ4n) is 2.80. The Bertz CT molecular complexity index is 1270. The highest BCUT2D eigenvalue weighted by molar-refractivity contribution is 7.91. The summed E-state index contributed by atoms with van der Waals surface area (Å²) in [7, 11) is -2.93. The normalized spacial score (nSPS) is 14.1. The average Bonchev–Trinajstić information content (AvgIpc) is 2.73. The fraction of sp³-hybridized carbons (Fsp3) is 0.143. The Morgan fingerprint density at radius 2 is 1.88 bits per heavy atom. The first-order chi connectivity index (χ1) is 15.1. The average molecular weight is 491 g/mol. The second-order valence-electron chi connectivity index (χ2n) is 6.91. The van der Waals surface area contributed by atoms with Crippen molar-refractivity contribution in [3.63, 3.8) is 0 Å². The molecule has 4 N–H and O–H groups in total. The second kappa shape index (κ2) is 9.64. The van der Waals surface area contributed by atoms with E-state index in [-0.39, 0.29) is 10.7 Å². The molecule has 0 fully saturated rings. The minimum absolute atomic E-state index is 0.0994. The van der Waals surface area contributed by atoms with Crippen LogP contribution in [-0.4, -0.2) is 31.4 Å². The highest BCUT2D eigenvalue weighted by Crippen LogP contribution is 2.33. The summed E-state index contributed by atoms with van der Waals surface area (Å²) in [5, 5.41) is 17.0. The number of nitrogens with one attached hydrogen (secondary N) is 2. The number of pyridine rings is 1. The first kappa shape index (κ1) is 23.6. The molecule has 0 bridgehead atoms. The number of anilines is 1. The lowest BCUT2D eigenvalue weighted by Crippen LogP contribution is -2.07. The summed E-state index contributed by atoms with van der Waals surface area (Å²) >= 11 is 12.4. The van der Waals surface area contributed by atoms with Crippen LogP contribution < -0.4 is 10.5 Å². The van der Waals surface area contributed by atoms with Crippen LogP contribution in [-0.2, 0) is 9.73 Å². The van der Waals surface area contributed by atoms with E-state index in [2.05, 4.69) is 15.2 Å². The van der Waals surface area contributed by atoms with E-state index in [0.717, 1.165) is 0 Å². The zero-order chi connectivity index (χ0) is 23.5. The molecule has 2 atom stereocenters. The predicted octanol–water partition coefficient (Wildman–Crippen LogP) is 5.02. The van der Waals surface area contributed by atoms with Crippen molar-refractivity contribution in [3.05, 3.63) is 75.7 Å². The molecule has 3 rings (SSSR count). The van der Waals surface area contributed by atoms with Gasteiger partial charge in [0.15, 0.2) is 5.03 Å². The van der Waals surface area contributed by atoms with E-state index in [1.165, 1.54) is 30.8 Å². The smallest absolute Gasteiger partial charge is 0.157 e. The van der Waals surface area contributed by atoms with Crippen LogP contribution in [0.2, 0.25) is 10.0 Å². The van der Waals surface area contributed by atoms with Crippen LogP contribution in [0.3, 0.4) is 0 Å². The molecule has 0 aliphatic carbocycles. The number of hydrogen-bond acceptors (Lipinski definition) is 8. The molecule has 1 aromatic carbocycles. The maximum absolute atomic E-state index is 11.7. The molecule has 0 saturated carbocycles. The van der Waals surface area contributed by atoms with Gasteiger partial charge in [0.1, 0.15) is 11.9 Å². The molecule has 2 unspecified atom stereocenters. The van der Waals surface area contributed by atoms with Gasteiger partial charge < -0.3 is 15.9 Å². The number of benzene rings is 1. The van der Waals surface area contributed by atoms with Crippen molar-refractivity contribution in [2.24, 2.45) is 0 Å². The largest absolute Gasteiger partial charge is 0.486 e. The lowest BCUT2D eigenvalue weighted by Gasteiger charge is -2.18. The van der Waals surface area contributed by atoms with E-state index < -0.39 is 15.8 Å². The summed E-state index contributed by atoms with van der Waals surface area (Å²) in [6.45, 7) is 1.81. The van der Waals surface area contributed by atoms with Crippen molar-refractivity contribution >= 4 is 50.4 Å². The molecular formula is C21H20Cl2N6O2S. The number of nitrogens with zero attached hydrogens (tertiary/aromatic N) is 3. The molecule has 0 radical (unpaired) electrons. The fourth-order valence-corrected chi connectivity index (χ4v) is 4.00. The van der Waals surface area contributed by atoms with E-state index in [1.807, 2.05) is 6.92 Å². The van der Waals surface area contributed by atoms with Crippen LogP contribution in [0.5, 0.6) is 5.75 Å². The minimum Gasteiger partial charge on any atom is -0.486 e. The van der Waals surface area contributed by atoms with Crippen LogP contribution in [0.25, 0.3) is 6.08 Å². The monoisotopic (exact) mass is 490 g/mol. The Hall–Kier alpha value is -3.01. The molecule has 0 spiro atoms. The van der Waals surface area contributed by atoms with Gasteiger partial charge in [0.05, 0.1) is 31.2 Å². The van der Waals surface area contributed by atoms with Gasteiger partial charge in [-0.15, -0.1) is 10.2 Å². The van der Waals surface area contributed by atoms with Crippen molar-refractivity contribution in [2.45, 2.75) is 18.1 Å². The van der Waals surface area contributed by atoms with Gasteiger partial charge in [-0.3, -0.25) is 4.98 Å². The quantitative estimate of drug-likeness (QED) is 0.313. The van der Waals surface area contributed by atoms with Gasteiger partial charge in [-0.25, -0.2) is 8.99 Å². The number of rotatable bonds is 7. The van der Waals surface area contributed by atoms with Gasteiger partial charge in [0.2, 0.25) is 0 Å². The topological polar surface area (TPSA) is 139 Å². The number of ether oxygens (including phenoxy) is 1. The van der Waals surface area contributed by atoms with Crippen molar-refractivity contribution < 1.29 is 8.95 Å². The molecule has 11 heteroatoms. The number of hydrogen-bond donors (Lipinski definition) is 3. The molecule has 166 valence electrons. The van der Waals surface area contributed by atoms with Gasteiger partial charge >= 0.3 is 0 Å². The molecular weight excluding hydrogens is 471 g/mol. The second-order valence-corrected chi connectivity index (χ2v) is 9.83. The minimum atomic E-state index is -2.93. The Balaban J connectivity index is 1.79. The van der Waals surface area contributed by atoms with Crippen LogP contribution >= 0.6 is 23.2 Å². The standard InChI is InChI=1S/C21H20Cl2N6O2S/c1-12(21-16(22)10-27-11-17(21)23)31-14-5-7-19(25)15(9-14)18(24)6-3-13-4-8-20(29-28-13)32(2,26)30/h3-12,24,26H,25H2,1-2H3/b6-3+,24-18?. The molecule has 0 saturated heterocycles. The van der Waals surface area contributed by atoms with Gasteiger partial charge in [0.25, 0.3) is 0 Å². The van der Waals surface area contributed by atoms with Gasteiger partial charge in [-0.1, -0.05) is 23.2 Å². The maximum atomic E-state index is 11.7. The molecule has 8 nitrogen and oxygen atoms in total. The van der Waals surface area contributed by atoms with Crippen molar-refractivity contribution in [3.8, 4) is 5.75 Å². The number of halogens is 2.